The Morgan fingerprint density at radius 2 is 2.28 bits per heavy atom. The molecule has 0 unspecified atom stereocenters. The molecule has 1 aromatic carbocycles. The summed E-state index contributed by atoms with van der Waals surface area (Å²) in [6.45, 7) is 0. The van der Waals surface area contributed by atoms with Crippen LogP contribution in [0.25, 0.3) is 0 Å². The number of benzene rings is 1. The normalized spacial score (nSPS) is 10.1. The Morgan fingerprint density at radius 1 is 1.50 bits per heavy atom. The van der Waals surface area contributed by atoms with Crippen LogP contribution in [0.15, 0.2) is 29.6 Å². The fraction of sp³-hybridized carbons (Fsp3) is 0.167. The van der Waals surface area contributed by atoms with E-state index in [0.717, 1.165) is 0 Å². The number of para-hydroxylation sites is 1. The van der Waals surface area contributed by atoms with Crippen molar-refractivity contribution in [1.29, 1.82) is 0 Å². The van der Waals surface area contributed by atoms with E-state index in [-0.39, 0.29) is 18.2 Å². The van der Waals surface area contributed by atoms with Crippen molar-refractivity contribution >= 4 is 28.1 Å². The van der Waals surface area contributed by atoms with Crippen LogP contribution in [-0.4, -0.2) is 18.1 Å². The highest BCUT2D eigenvalue weighted by Crippen LogP contribution is 2.23. The van der Waals surface area contributed by atoms with Gasteiger partial charge in [-0.3, -0.25) is 4.79 Å². The number of rotatable bonds is 4. The first kappa shape index (κ1) is 12.5. The topological polar surface area (TPSA) is 51.2 Å². The molecule has 0 saturated heterocycles. The number of thiazole rings is 1. The molecule has 2 aromatic rings. The molecule has 4 nitrogen and oxygen atoms in total. The smallest absolute Gasteiger partial charge is 0.311 e. The third-order valence-electron chi connectivity index (χ3n) is 2.22. The number of nitrogens with one attached hydrogen (secondary N) is 1. The van der Waals surface area contributed by atoms with Gasteiger partial charge in [0, 0.05) is 5.38 Å². The van der Waals surface area contributed by atoms with E-state index in [1.807, 2.05) is 0 Å². The molecule has 1 aromatic heterocycles. The van der Waals surface area contributed by atoms with E-state index in [0.29, 0.717) is 16.5 Å². The van der Waals surface area contributed by atoms with Crippen LogP contribution in [0.5, 0.6) is 0 Å². The number of esters is 1. The molecular formula is C12H11FN2O2S. The van der Waals surface area contributed by atoms with Crippen molar-refractivity contribution in [3.63, 3.8) is 0 Å². The fourth-order valence-electron chi connectivity index (χ4n) is 1.34. The first-order valence-corrected chi connectivity index (χ1v) is 6.10. The SMILES string of the molecule is COC(=O)Cc1csc(Nc2ccccc2F)n1. The van der Waals surface area contributed by atoms with E-state index in [4.69, 9.17) is 0 Å². The Hall–Kier alpha value is -1.95. The highest BCUT2D eigenvalue weighted by molar-refractivity contribution is 7.13. The molecule has 1 N–H and O–H groups in total. The first-order chi connectivity index (χ1) is 8.69. The number of ether oxygens (including phenoxy) is 1. The molecule has 0 fully saturated rings. The van der Waals surface area contributed by atoms with Crippen LogP contribution in [0.3, 0.4) is 0 Å². The molecule has 18 heavy (non-hydrogen) atoms. The van der Waals surface area contributed by atoms with Gasteiger partial charge in [0.1, 0.15) is 5.82 Å². The molecule has 0 spiro atoms. The molecule has 0 aliphatic rings. The number of nitrogens with zero attached hydrogens (tertiary/aromatic N) is 1. The Labute approximate surface area is 107 Å². The van der Waals surface area contributed by atoms with Gasteiger partial charge < -0.3 is 10.1 Å². The summed E-state index contributed by atoms with van der Waals surface area (Å²) in [7, 11) is 1.33. The lowest BCUT2D eigenvalue weighted by Gasteiger charge is -2.02. The zero-order valence-electron chi connectivity index (χ0n) is 9.64. The minimum Gasteiger partial charge on any atom is -0.469 e. The molecule has 6 heteroatoms. The monoisotopic (exact) mass is 266 g/mol. The number of aromatic nitrogens is 1. The minimum absolute atomic E-state index is 0.117. The highest BCUT2D eigenvalue weighted by atomic mass is 32.1. The molecule has 0 atom stereocenters. The molecule has 2 rings (SSSR count). The van der Waals surface area contributed by atoms with Gasteiger partial charge in [0.25, 0.3) is 0 Å². The number of carbonyl (C=O) groups is 1. The lowest BCUT2D eigenvalue weighted by atomic mass is 10.3. The van der Waals surface area contributed by atoms with Crippen LogP contribution in [0, 0.1) is 5.82 Å². The van der Waals surface area contributed by atoms with E-state index in [1.165, 1.54) is 24.5 Å². The summed E-state index contributed by atoms with van der Waals surface area (Å²) in [6, 6.07) is 6.33. The van der Waals surface area contributed by atoms with Crippen molar-refractivity contribution < 1.29 is 13.9 Å². The van der Waals surface area contributed by atoms with Crippen LogP contribution >= 0.6 is 11.3 Å². The number of carbonyl (C=O) groups excluding carboxylic acids is 1. The van der Waals surface area contributed by atoms with Crippen molar-refractivity contribution in [1.82, 2.24) is 4.98 Å². The van der Waals surface area contributed by atoms with Gasteiger partial charge in [-0.05, 0) is 12.1 Å². The van der Waals surface area contributed by atoms with Crippen LogP contribution in [0.2, 0.25) is 0 Å². The average molecular weight is 266 g/mol. The van der Waals surface area contributed by atoms with Crippen molar-refractivity contribution in [3.05, 3.63) is 41.2 Å². The van der Waals surface area contributed by atoms with Crippen molar-refractivity contribution in [2.45, 2.75) is 6.42 Å². The molecule has 0 bridgehead atoms. The van der Waals surface area contributed by atoms with Gasteiger partial charge in [0.05, 0.1) is 24.9 Å². The molecule has 0 aliphatic heterocycles. The Balaban J connectivity index is 2.07. The summed E-state index contributed by atoms with van der Waals surface area (Å²) in [4.78, 5) is 15.2. The highest BCUT2D eigenvalue weighted by Gasteiger charge is 2.08. The predicted molar refractivity (Wildman–Crippen MR) is 67.5 cm³/mol. The van der Waals surface area contributed by atoms with E-state index in [2.05, 4.69) is 15.0 Å². The molecule has 94 valence electrons. The number of anilines is 2. The Kier molecular flexibility index (Phi) is 3.88. The van der Waals surface area contributed by atoms with Gasteiger partial charge in [-0.25, -0.2) is 9.37 Å². The quantitative estimate of drug-likeness (QED) is 0.864. The molecule has 0 radical (unpaired) electrons. The van der Waals surface area contributed by atoms with Gasteiger partial charge in [-0.15, -0.1) is 11.3 Å². The Morgan fingerprint density at radius 3 is 3.00 bits per heavy atom. The van der Waals surface area contributed by atoms with Crippen molar-refractivity contribution in [2.24, 2.45) is 0 Å². The first-order valence-electron chi connectivity index (χ1n) is 5.22. The second-order valence-corrected chi connectivity index (χ2v) is 4.36. The molecular weight excluding hydrogens is 255 g/mol. The third kappa shape index (κ3) is 3.04. The number of hydrogen-bond donors (Lipinski definition) is 1. The van der Waals surface area contributed by atoms with E-state index >= 15 is 0 Å². The van der Waals surface area contributed by atoms with Crippen molar-refractivity contribution in [2.75, 3.05) is 12.4 Å². The second kappa shape index (κ2) is 5.59. The van der Waals surface area contributed by atoms with Gasteiger partial charge in [0.15, 0.2) is 5.13 Å². The maximum atomic E-state index is 13.4. The van der Waals surface area contributed by atoms with E-state index < -0.39 is 0 Å². The summed E-state index contributed by atoms with van der Waals surface area (Å²) < 4.78 is 17.9. The van der Waals surface area contributed by atoms with Crippen LogP contribution in [-0.2, 0) is 16.0 Å². The summed E-state index contributed by atoms with van der Waals surface area (Å²) >= 11 is 1.31. The summed E-state index contributed by atoms with van der Waals surface area (Å²) in [6.07, 6.45) is 0.117. The molecule has 0 aliphatic carbocycles. The third-order valence-corrected chi connectivity index (χ3v) is 3.03. The minimum atomic E-state index is -0.349. The fourth-order valence-corrected chi connectivity index (χ4v) is 2.07. The number of methoxy groups -OCH3 is 1. The van der Waals surface area contributed by atoms with E-state index in [1.54, 1.807) is 23.6 Å². The summed E-state index contributed by atoms with van der Waals surface area (Å²) in [5, 5.41) is 5.14. The lowest BCUT2D eigenvalue weighted by molar-refractivity contribution is -0.139. The zero-order valence-corrected chi connectivity index (χ0v) is 10.5. The standard InChI is InChI=1S/C12H11FN2O2S/c1-17-11(16)6-8-7-18-12(14-8)15-10-5-3-2-4-9(10)13/h2-5,7H,6H2,1H3,(H,14,15). The second-order valence-electron chi connectivity index (χ2n) is 3.50. The van der Waals surface area contributed by atoms with Gasteiger partial charge >= 0.3 is 5.97 Å². The maximum absolute atomic E-state index is 13.4. The van der Waals surface area contributed by atoms with Gasteiger partial charge in [-0.1, -0.05) is 12.1 Å². The lowest BCUT2D eigenvalue weighted by Crippen LogP contribution is -2.04. The number of hydrogen-bond acceptors (Lipinski definition) is 5. The van der Waals surface area contributed by atoms with Gasteiger partial charge in [0.2, 0.25) is 0 Å². The predicted octanol–water partition coefficient (Wildman–Crippen LogP) is 2.74. The van der Waals surface area contributed by atoms with E-state index in [9.17, 15) is 9.18 Å². The molecule has 0 amide bonds. The largest absolute Gasteiger partial charge is 0.469 e. The maximum Gasteiger partial charge on any atom is 0.311 e. The van der Waals surface area contributed by atoms with Crippen LogP contribution in [0.1, 0.15) is 5.69 Å². The van der Waals surface area contributed by atoms with Crippen molar-refractivity contribution in [3.8, 4) is 0 Å². The van der Waals surface area contributed by atoms with Gasteiger partial charge in [-0.2, -0.15) is 0 Å². The molecule has 1 heterocycles. The molecule has 0 saturated carbocycles. The Bertz CT molecular complexity index is 557. The average Bonchev–Trinajstić information content (AvgIpc) is 2.79. The zero-order chi connectivity index (χ0) is 13.0. The van der Waals surface area contributed by atoms with Crippen LogP contribution in [0.4, 0.5) is 15.2 Å². The summed E-state index contributed by atoms with van der Waals surface area (Å²) in [5.74, 6) is -0.694. The number of halogens is 1. The summed E-state index contributed by atoms with van der Waals surface area (Å²) in [5.41, 5.74) is 0.960. The van der Waals surface area contributed by atoms with Crippen LogP contribution < -0.4 is 5.32 Å².